The monoisotopic (exact) mass is 385 g/mol. The summed E-state index contributed by atoms with van der Waals surface area (Å²) in [7, 11) is 0. The lowest BCUT2D eigenvalue weighted by Crippen LogP contribution is -2.35. The molecule has 0 atom stereocenters. The molecule has 1 amide bonds. The number of halogens is 1. The normalized spacial score (nSPS) is 13.4. The molecule has 146 valence electrons. The van der Waals surface area contributed by atoms with Crippen LogP contribution in [0.2, 0.25) is 0 Å². The van der Waals surface area contributed by atoms with Crippen LogP contribution >= 0.6 is 0 Å². The highest BCUT2D eigenvalue weighted by Gasteiger charge is 2.28. The van der Waals surface area contributed by atoms with Crippen LogP contribution in [-0.4, -0.2) is 34.3 Å². The molecule has 0 unspecified atom stereocenters. The van der Waals surface area contributed by atoms with Crippen molar-refractivity contribution in [2.24, 2.45) is 0 Å². The predicted octanol–water partition coefficient (Wildman–Crippen LogP) is 3.38. The molecule has 28 heavy (non-hydrogen) atoms. The van der Waals surface area contributed by atoms with Crippen LogP contribution < -0.4 is 4.74 Å². The number of benzene rings is 1. The molecular formula is C20H20FN3O4. The number of hydrogen-bond acceptors (Lipinski definition) is 6. The summed E-state index contributed by atoms with van der Waals surface area (Å²) < 4.78 is 30.0. The van der Waals surface area contributed by atoms with E-state index in [0.717, 1.165) is 5.56 Å². The third kappa shape index (κ3) is 3.62. The maximum absolute atomic E-state index is 14.2. The van der Waals surface area contributed by atoms with Crippen molar-refractivity contribution in [1.82, 2.24) is 15.2 Å². The molecule has 7 nitrogen and oxygen atoms in total. The number of amides is 1. The van der Waals surface area contributed by atoms with E-state index in [2.05, 4.69) is 10.3 Å². The summed E-state index contributed by atoms with van der Waals surface area (Å²) in [4.78, 5) is 14.4. The van der Waals surface area contributed by atoms with E-state index in [1.54, 1.807) is 29.2 Å². The van der Waals surface area contributed by atoms with Gasteiger partial charge in [0.25, 0.3) is 5.88 Å². The minimum absolute atomic E-state index is 0.0132. The van der Waals surface area contributed by atoms with Crippen LogP contribution in [0.3, 0.4) is 0 Å². The zero-order valence-electron chi connectivity index (χ0n) is 15.5. The second-order valence-electron chi connectivity index (χ2n) is 6.54. The molecule has 2 aromatic heterocycles. The van der Waals surface area contributed by atoms with Crippen LogP contribution in [0.1, 0.15) is 30.4 Å². The van der Waals surface area contributed by atoms with Crippen molar-refractivity contribution in [2.75, 3.05) is 13.2 Å². The molecule has 1 aliphatic heterocycles. The van der Waals surface area contributed by atoms with Crippen molar-refractivity contribution in [3.63, 3.8) is 0 Å². The quantitative estimate of drug-likeness (QED) is 0.647. The first kappa shape index (κ1) is 18.2. The Labute approximate surface area is 161 Å². The number of nitrogens with zero attached hydrogens (tertiary/aromatic N) is 3. The standard InChI is InChI=1S/C20H20FN3O4/c1-2-26-18-11-13(27-22-18)7-8-19(25)24-10-9-17-15(12-24)20(23-28-17)14-5-3-4-6-16(14)21/h3-6,11H,2,7-10,12H2,1H3. The minimum Gasteiger partial charge on any atom is -0.476 e. The molecule has 3 aromatic rings. The molecule has 8 heteroatoms. The fourth-order valence-electron chi connectivity index (χ4n) is 3.30. The van der Waals surface area contributed by atoms with Crippen molar-refractivity contribution in [1.29, 1.82) is 0 Å². The molecule has 0 bridgehead atoms. The molecule has 0 fully saturated rings. The Morgan fingerprint density at radius 2 is 2.14 bits per heavy atom. The Morgan fingerprint density at radius 1 is 1.29 bits per heavy atom. The highest BCUT2D eigenvalue weighted by atomic mass is 19.1. The third-order valence-corrected chi connectivity index (χ3v) is 4.72. The average Bonchev–Trinajstić information content (AvgIpc) is 3.33. The first-order valence-corrected chi connectivity index (χ1v) is 9.24. The maximum atomic E-state index is 14.2. The van der Waals surface area contributed by atoms with Crippen LogP contribution in [-0.2, 0) is 24.2 Å². The van der Waals surface area contributed by atoms with Gasteiger partial charge in [-0.05, 0) is 24.2 Å². The topological polar surface area (TPSA) is 81.6 Å². The highest BCUT2D eigenvalue weighted by molar-refractivity contribution is 5.77. The second-order valence-corrected chi connectivity index (χ2v) is 6.54. The van der Waals surface area contributed by atoms with Gasteiger partial charge in [0, 0.05) is 43.0 Å². The van der Waals surface area contributed by atoms with Crippen molar-refractivity contribution in [3.05, 3.63) is 53.2 Å². The van der Waals surface area contributed by atoms with Gasteiger partial charge in [-0.25, -0.2) is 4.39 Å². The summed E-state index contributed by atoms with van der Waals surface area (Å²) in [6.07, 6.45) is 1.28. The molecule has 0 spiro atoms. The fourth-order valence-corrected chi connectivity index (χ4v) is 3.30. The Hall–Kier alpha value is -3.16. The predicted molar refractivity (Wildman–Crippen MR) is 97.0 cm³/mol. The van der Waals surface area contributed by atoms with Gasteiger partial charge in [0.15, 0.2) is 0 Å². The van der Waals surface area contributed by atoms with Gasteiger partial charge in [0.05, 0.1) is 13.2 Å². The van der Waals surface area contributed by atoms with E-state index >= 15 is 0 Å². The summed E-state index contributed by atoms with van der Waals surface area (Å²) in [5.74, 6) is 1.36. The number of aromatic nitrogens is 2. The largest absolute Gasteiger partial charge is 0.476 e. The average molecular weight is 385 g/mol. The van der Waals surface area contributed by atoms with E-state index in [-0.39, 0.29) is 18.1 Å². The highest BCUT2D eigenvalue weighted by Crippen LogP contribution is 2.31. The van der Waals surface area contributed by atoms with Gasteiger partial charge in [0.1, 0.15) is 23.0 Å². The lowest BCUT2D eigenvalue weighted by molar-refractivity contribution is -0.132. The molecule has 3 heterocycles. The lowest BCUT2D eigenvalue weighted by Gasteiger charge is -2.26. The van der Waals surface area contributed by atoms with Crippen LogP contribution in [0.15, 0.2) is 39.4 Å². The minimum atomic E-state index is -0.363. The van der Waals surface area contributed by atoms with Gasteiger partial charge in [-0.2, -0.15) is 0 Å². The fraction of sp³-hybridized carbons (Fsp3) is 0.350. The van der Waals surface area contributed by atoms with E-state index in [0.29, 0.717) is 61.2 Å². The van der Waals surface area contributed by atoms with Crippen LogP contribution in [0, 0.1) is 5.82 Å². The number of ether oxygens (including phenoxy) is 1. The molecule has 1 aromatic carbocycles. The third-order valence-electron chi connectivity index (χ3n) is 4.72. The smallest absolute Gasteiger partial charge is 0.254 e. The van der Waals surface area contributed by atoms with E-state index in [9.17, 15) is 9.18 Å². The first-order chi connectivity index (χ1) is 13.7. The van der Waals surface area contributed by atoms with E-state index in [4.69, 9.17) is 13.8 Å². The van der Waals surface area contributed by atoms with Gasteiger partial charge < -0.3 is 18.7 Å². The molecule has 1 aliphatic rings. The SMILES string of the molecule is CCOc1cc(CCC(=O)N2CCc3onc(-c4ccccc4F)c3C2)on1. The molecule has 4 rings (SSSR count). The van der Waals surface area contributed by atoms with Gasteiger partial charge in [-0.15, -0.1) is 0 Å². The van der Waals surface area contributed by atoms with E-state index < -0.39 is 0 Å². The van der Waals surface area contributed by atoms with Crippen LogP contribution in [0.25, 0.3) is 11.3 Å². The number of rotatable bonds is 6. The summed E-state index contributed by atoms with van der Waals surface area (Å²) >= 11 is 0. The number of hydrogen-bond donors (Lipinski definition) is 0. The number of aryl methyl sites for hydroxylation is 1. The first-order valence-electron chi connectivity index (χ1n) is 9.24. The maximum Gasteiger partial charge on any atom is 0.254 e. The summed E-state index contributed by atoms with van der Waals surface area (Å²) in [6, 6.07) is 8.12. The van der Waals surface area contributed by atoms with E-state index in [1.165, 1.54) is 6.07 Å². The summed E-state index contributed by atoms with van der Waals surface area (Å²) in [6.45, 7) is 3.26. The number of carbonyl (C=O) groups excluding carboxylic acids is 1. The molecule has 0 saturated heterocycles. The van der Waals surface area contributed by atoms with Crippen molar-refractivity contribution in [3.8, 4) is 17.1 Å². The summed E-state index contributed by atoms with van der Waals surface area (Å²) in [5, 5.41) is 7.84. The van der Waals surface area contributed by atoms with Crippen LogP contribution in [0.5, 0.6) is 5.88 Å². The second kappa shape index (κ2) is 7.84. The Kier molecular flexibility index (Phi) is 5.10. The molecule has 0 N–H and O–H groups in total. The lowest BCUT2D eigenvalue weighted by atomic mass is 10.0. The van der Waals surface area contributed by atoms with Crippen molar-refractivity contribution >= 4 is 5.91 Å². The molecular weight excluding hydrogens is 365 g/mol. The van der Waals surface area contributed by atoms with Crippen LogP contribution in [0.4, 0.5) is 4.39 Å². The Morgan fingerprint density at radius 3 is 2.96 bits per heavy atom. The van der Waals surface area contributed by atoms with Gasteiger partial charge in [-0.3, -0.25) is 4.79 Å². The van der Waals surface area contributed by atoms with Gasteiger partial charge >= 0.3 is 0 Å². The Bertz CT molecular complexity index is 981. The van der Waals surface area contributed by atoms with Gasteiger partial charge in [-0.1, -0.05) is 17.3 Å². The van der Waals surface area contributed by atoms with Gasteiger partial charge in [0.2, 0.25) is 5.91 Å². The van der Waals surface area contributed by atoms with E-state index in [1.807, 2.05) is 6.92 Å². The number of carbonyl (C=O) groups is 1. The summed E-state index contributed by atoms with van der Waals surface area (Å²) in [5.41, 5.74) is 1.61. The van der Waals surface area contributed by atoms with Crippen molar-refractivity contribution in [2.45, 2.75) is 32.7 Å². The molecule has 0 radical (unpaired) electrons. The zero-order valence-corrected chi connectivity index (χ0v) is 15.5. The molecule has 0 aliphatic carbocycles. The number of fused-ring (bicyclic) bond motifs is 1. The Balaban J connectivity index is 1.44. The molecule has 0 saturated carbocycles. The zero-order chi connectivity index (χ0) is 19.5. The van der Waals surface area contributed by atoms with Crippen molar-refractivity contribution < 1.29 is 23.0 Å².